The lowest BCUT2D eigenvalue weighted by Gasteiger charge is -2.05. The van der Waals surface area contributed by atoms with E-state index in [-0.39, 0.29) is 5.84 Å². The molecule has 6 heteroatoms. The first-order chi connectivity index (χ1) is 9.04. The maximum atomic E-state index is 13.4. The van der Waals surface area contributed by atoms with Gasteiger partial charge in [0.25, 0.3) is 0 Å². The first-order valence-electron chi connectivity index (χ1n) is 5.61. The minimum Gasteiger partial charge on any atom is -0.384 e. The largest absolute Gasteiger partial charge is 0.384 e. The average Bonchev–Trinajstić information content (AvgIpc) is 2.36. The van der Waals surface area contributed by atoms with Crippen LogP contribution in [0.5, 0.6) is 0 Å². The number of nitrogens with one attached hydrogen (secondary N) is 1. The Morgan fingerprint density at radius 3 is 2.89 bits per heavy atom. The normalized spacial score (nSPS) is 10.4. The number of nitrogens with two attached hydrogens (primary N) is 1. The van der Waals surface area contributed by atoms with E-state index in [4.69, 9.17) is 11.1 Å². The second kappa shape index (κ2) is 5.79. The summed E-state index contributed by atoms with van der Waals surface area (Å²) in [6.45, 7) is 1.89. The number of thioether (sulfide) groups is 1. The molecule has 1 aromatic heterocycles. The molecule has 0 saturated carbocycles. The summed E-state index contributed by atoms with van der Waals surface area (Å²) in [7, 11) is 0. The minimum atomic E-state index is -0.395. The van der Waals surface area contributed by atoms with Crippen molar-refractivity contribution in [3.8, 4) is 0 Å². The summed E-state index contributed by atoms with van der Waals surface area (Å²) in [5.74, 6) is -0.00684. The fourth-order valence-corrected chi connectivity index (χ4v) is 2.34. The summed E-state index contributed by atoms with van der Waals surface area (Å²) in [6.07, 6.45) is 1.69. The Morgan fingerprint density at radius 2 is 2.21 bits per heavy atom. The molecule has 0 aliphatic heterocycles. The zero-order chi connectivity index (χ0) is 13.8. The molecule has 0 atom stereocenters. The highest BCUT2D eigenvalue weighted by Crippen LogP contribution is 2.20. The van der Waals surface area contributed by atoms with Gasteiger partial charge in [-0.2, -0.15) is 0 Å². The van der Waals surface area contributed by atoms with Gasteiger partial charge in [0.15, 0.2) is 5.16 Å². The van der Waals surface area contributed by atoms with Crippen LogP contribution in [-0.4, -0.2) is 15.8 Å². The molecule has 3 N–H and O–H groups in total. The van der Waals surface area contributed by atoms with Crippen molar-refractivity contribution in [3.63, 3.8) is 0 Å². The molecule has 0 fully saturated rings. The van der Waals surface area contributed by atoms with Gasteiger partial charge in [-0.25, -0.2) is 14.4 Å². The lowest BCUT2D eigenvalue weighted by molar-refractivity contribution is 0.626. The summed E-state index contributed by atoms with van der Waals surface area (Å²) in [4.78, 5) is 8.39. The molecule has 0 amide bonds. The van der Waals surface area contributed by atoms with Crippen LogP contribution in [0.2, 0.25) is 0 Å². The molecule has 0 radical (unpaired) electrons. The van der Waals surface area contributed by atoms with E-state index in [1.165, 1.54) is 23.9 Å². The van der Waals surface area contributed by atoms with Crippen molar-refractivity contribution in [1.82, 2.24) is 9.97 Å². The monoisotopic (exact) mass is 276 g/mol. The SMILES string of the molecule is Cc1ccnc(SCc2cc(F)cc(C(=N)N)c2)n1. The smallest absolute Gasteiger partial charge is 0.188 e. The van der Waals surface area contributed by atoms with Crippen molar-refractivity contribution in [2.24, 2.45) is 5.73 Å². The molecule has 2 aromatic rings. The van der Waals surface area contributed by atoms with Crippen LogP contribution in [0, 0.1) is 18.2 Å². The van der Waals surface area contributed by atoms with Crippen LogP contribution in [0.25, 0.3) is 0 Å². The quantitative estimate of drug-likeness (QED) is 0.389. The molecular formula is C13H13FN4S. The van der Waals surface area contributed by atoms with Gasteiger partial charge in [0.1, 0.15) is 11.7 Å². The van der Waals surface area contributed by atoms with Crippen LogP contribution >= 0.6 is 11.8 Å². The highest BCUT2D eigenvalue weighted by molar-refractivity contribution is 7.98. The van der Waals surface area contributed by atoms with Gasteiger partial charge in [0, 0.05) is 23.2 Å². The van der Waals surface area contributed by atoms with E-state index in [1.54, 1.807) is 12.3 Å². The van der Waals surface area contributed by atoms with E-state index >= 15 is 0 Å². The highest BCUT2D eigenvalue weighted by Gasteiger charge is 2.05. The Kier molecular flexibility index (Phi) is 4.11. The van der Waals surface area contributed by atoms with Crippen LogP contribution in [0.15, 0.2) is 35.6 Å². The van der Waals surface area contributed by atoms with Gasteiger partial charge in [0.2, 0.25) is 0 Å². The zero-order valence-electron chi connectivity index (χ0n) is 10.4. The van der Waals surface area contributed by atoms with Crippen molar-refractivity contribution >= 4 is 17.6 Å². The standard InChI is InChI=1S/C13H13FN4S/c1-8-2-3-17-13(18-8)19-7-9-4-10(12(15)16)6-11(14)5-9/h2-6H,7H2,1H3,(H3,15,16). The second-order valence-corrected chi connectivity index (χ2v) is 4.97. The topological polar surface area (TPSA) is 75.7 Å². The van der Waals surface area contributed by atoms with Crippen molar-refractivity contribution < 1.29 is 4.39 Å². The van der Waals surface area contributed by atoms with Crippen molar-refractivity contribution in [2.75, 3.05) is 0 Å². The van der Waals surface area contributed by atoms with Crippen molar-refractivity contribution in [2.45, 2.75) is 17.8 Å². The van der Waals surface area contributed by atoms with Gasteiger partial charge in [0.05, 0.1) is 0 Å². The van der Waals surface area contributed by atoms with Crippen molar-refractivity contribution in [1.29, 1.82) is 5.41 Å². The van der Waals surface area contributed by atoms with Crippen LogP contribution in [0.4, 0.5) is 4.39 Å². The first-order valence-corrected chi connectivity index (χ1v) is 6.59. The van der Waals surface area contributed by atoms with Crippen LogP contribution < -0.4 is 5.73 Å². The number of aryl methyl sites for hydroxylation is 1. The summed E-state index contributed by atoms with van der Waals surface area (Å²) in [5, 5.41) is 7.98. The van der Waals surface area contributed by atoms with E-state index in [0.717, 1.165) is 11.3 Å². The summed E-state index contributed by atoms with van der Waals surface area (Å²) < 4.78 is 13.4. The number of aromatic nitrogens is 2. The Morgan fingerprint density at radius 1 is 1.42 bits per heavy atom. The Bertz CT molecular complexity index is 615. The number of halogens is 1. The third-order valence-corrected chi connectivity index (χ3v) is 3.34. The van der Waals surface area contributed by atoms with E-state index in [9.17, 15) is 4.39 Å². The maximum absolute atomic E-state index is 13.4. The number of amidine groups is 1. The first kappa shape index (κ1) is 13.5. The fraction of sp³-hybridized carbons (Fsp3) is 0.154. The molecule has 0 unspecified atom stereocenters. The van der Waals surface area contributed by atoms with Gasteiger partial charge < -0.3 is 5.73 Å². The number of nitrogens with zero attached hydrogens (tertiary/aromatic N) is 2. The van der Waals surface area contributed by atoms with E-state index in [0.29, 0.717) is 16.5 Å². The molecule has 0 aliphatic rings. The molecule has 0 bridgehead atoms. The third kappa shape index (κ3) is 3.75. The predicted octanol–water partition coefficient (Wildman–Crippen LogP) is 2.50. The Balaban J connectivity index is 2.13. The molecule has 4 nitrogen and oxygen atoms in total. The number of nitrogen functional groups attached to an aromatic ring is 1. The third-order valence-electron chi connectivity index (χ3n) is 2.41. The van der Waals surface area contributed by atoms with Gasteiger partial charge in [-0.3, -0.25) is 5.41 Å². The minimum absolute atomic E-state index is 0.141. The molecule has 0 saturated heterocycles. The number of rotatable bonds is 4. The molecule has 0 aliphatic carbocycles. The Labute approximate surface area is 114 Å². The summed E-state index contributed by atoms with van der Waals surface area (Å²) >= 11 is 1.42. The molecule has 1 heterocycles. The number of hydrogen-bond donors (Lipinski definition) is 2. The highest BCUT2D eigenvalue weighted by atomic mass is 32.2. The van der Waals surface area contributed by atoms with E-state index in [2.05, 4.69) is 9.97 Å². The number of hydrogen-bond acceptors (Lipinski definition) is 4. The molecule has 2 rings (SSSR count). The van der Waals surface area contributed by atoms with Crippen LogP contribution in [-0.2, 0) is 5.75 Å². The summed E-state index contributed by atoms with van der Waals surface area (Å²) in [6, 6.07) is 6.20. The van der Waals surface area contributed by atoms with E-state index in [1.807, 2.05) is 13.0 Å². The maximum Gasteiger partial charge on any atom is 0.188 e. The number of benzene rings is 1. The molecule has 1 aromatic carbocycles. The lowest BCUT2D eigenvalue weighted by Crippen LogP contribution is -2.11. The second-order valence-electron chi connectivity index (χ2n) is 4.03. The lowest BCUT2D eigenvalue weighted by atomic mass is 10.1. The Hall–Kier alpha value is -1.95. The van der Waals surface area contributed by atoms with Crippen LogP contribution in [0.3, 0.4) is 0 Å². The van der Waals surface area contributed by atoms with Crippen LogP contribution in [0.1, 0.15) is 16.8 Å². The molecular weight excluding hydrogens is 263 g/mol. The fourth-order valence-electron chi connectivity index (χ4n) is 1.53. The average molecular weight is 276 g/mol. The molecule has 19 heavy (non-hydrogen) atoms. The predicted molar refractivity (Wildman–Crippen MR) is 73.7 cm³/mol. The molecule has 98 valence electrons. The van der Waals surface area contributed by atoms with Gasteiger partial charge in [-0.1, -0.05) is 11.8 Å². The zero-order valence-corrected chi connectivity index (χ0v) is 11.2. The summed E-state index contributed by atoms with van der Waals surface area (Å²) in [5.41, 5.74) is 7.39. The van der Waals surface area contributed by atoms with Gasteiger partial charge in [-0.05, 0) is 36.8 Å². The van der Waals surface area contributed by atoms with Gasteiger partial charge >= 0.3 is 0 Å². The van der Waals surface area contributed by atoms with E-state index < -0.39 is 5.82 Å². The molecule has 0 spiro atoms. The van der Waals surface area contributed by atoms with Gasteiger partial charge in [-0.15, -0.1) is 0 Å². The van der Waals surface area contributed by atoms with Crippen molar-refractivity contribution in [3.05, 3.63) is 53.1 Å².